The predicted molar refractivity (Wildman–Crippen MR) is 124 cm³/mol. The van der Waals surface area contributed by atoms with Crippen LogP contribution in [0.25, 0.3) is 10.9 Å². The summed E-state index contributed by atoms with van der Waals surface area (Å²) in [7, 11) is 1.44. The van der Waals surface area contributed by atoms with Crippen molar-refractivity contribution in [3.63, 3.8) is 0 Å². The lowest BCUT2D eigenvalue weighted by molar-refractivity contribution is -0.385. The molecule has 0 unspecified atom stereocenters. The number of fused-ring (bicyclic) bond motifs is 1. The van der Waals surface area contributed by atoms with Gasteiger partial charge in [0.05, 0.1) is 49.8 Å². The Bertz CT molecular complexity index is 1270. The van der Waals surface area contributed by atoms with Crippen molar-refractivity contribution in [1.82, 2.24) is 14.6 Å². The SMILES string of the molecule is COc1c(=O)n(N2CCOCC2)cc2c(N[C@H](C)c3cccc([N+](=O)[O-])c3C)nc(C)nc12. The van der Waals surface area contributed by atoms with E-state index in [0.29, 0.717) is 54.4 Å². The van der Waals surface area contributed by atoms with Crippen molar-refractivity contribution in [2.75, 3.05) is 43.7 Å². The van der Waals surface area contributed by atoms with Crippen LogP contribution in [0.3, 0.4) is 0 Å². The first-order valence-electron chi connectivity index (χ1n) is 10.6. The Hall–Kier alpha value is -3.73. The quantitative estimate of drug-likeness (QED) is 0.442. The van der Waals surface area contributed by atoms with Gasteiger partial charge in [0.1, 0.15) is 17.2 Å². The van der Waals surface area contributed by atoms with E-state index in [1.807, 2.05) is 18.0 Å². The Kier molecular flexibility index (Phi) is 6.14. The normalized spacial score (nSPS) is 14.8. The molecule has 174 valence electrons. The molecule has 0 bridgehead atoms. The van der Waals surface area contributed by atoms with Gasteiger partial charge in [0.15, 0.2) is 0 Å². The summed E-state index contributed by atoms with van der Waals surface area (Å²) in [6.07, 6.45) is 1.71. The van der Waals surface area contributed by atoms with Gasteiger partial charge in [-0.1, -0.05) is 12.1 Å². The third-order valence-electron chi connectivity index (χ3n) is 5.79. The highest BCUT2D eigenvalue weighted by Gasteiger charge is 2.23. The lowest BCUT2D eigenvalue weighted by atomic mass is 10.0. The maximum Gasteiger partial charge on any atom is 0.313 e. The zero-order valence-corrected chi connectivity index (χ0v) is 19.0. The number of nitro groups is 1. The number of aryl methyl sites for hydroxylation is 1. The number of ether oxygens (including phenoxy) is 2. The topological polar surface area (TPSA) is 125 Å². The van der Waals surface area contributed by atoms with Crippen LogP contribution < -0.4 is 20.6 Å². The summed E-state index contributed by atoms with van der Waals surface area (Å²) in [6.45, 7) is 7.54. The van der Waals surface area contributed by atoms with Gasteiger partial charge < -0.3 is 19.8 Å². The van der Waals surface area contributed by atoms with Crippen molar-refractivity contribution < 1.29 is 14.4 Å². The summed E-state index contributed by atoms with van der Waals surface area (Å²) in [5.74, 6) is 1.11. The molecule has 4 rings (SSSR count). The fourth-order valence-corrected chi connectivity index (χ4v) is 4.13. The highest BCUT2D eigenvalue weighted by atomic mass is 16.6. The molecule has 2 aromatic heterocycles. The molecular formula is C22H26N6O5. The van der Waals surface area contributed by atoms with Crippen molar-refractivity contribution in [3.05, 3.63) is 61.8 Å². The van der Waals surface area contributed by atoms with E-state index in [4.69, 9.17) is 9.47 Å². The summed E-state index contributed by atoms with van der Waals surface area (Å²) < 4.78 is 12.4. The van der Waals surface area contributed by atoms with Crippen LogP contribution in [0.4, 0.5) is 11.5 Å². The Morgan fingerprint density at radius 3 is 2.64 bits per heavy atom. The molecule has 1 aliphatic heterocycles. The van der Waals surface area contributed by atoms with E-state index in [0.717, 1.165) is 5.56 Å². The standard InChI is InChI=1S/C22H26N6O5/c1-13-16(6-5-7-18(13)28(30)31)14(2)23-21-17-12-27(26-8-10-33-11-9-26)22(29)20(32-4)19(17)24-15(3)25-21/h5-7,12,14H,8-11H2,1-4H3,(H,23,24,25)/t14-/m1/s1. The summed E-state index contributed by atoms with van der Waals surface area (Å²) in [5.41, 5.74) is 1.53. The third kappa shape index (κ3) is 4.19. The number of nitrogens with zero attached hydrogens (tertiary/aromatic N) is 5. The lowest BCUT2D eigenvalue weighted by Gasteiger charge is -2.30. The monoisotopic (exact) mass is 454 g/mol. The van der Waals surface area contributed by atoms with Gasteiger partial charge in [-0.2, -0.15) is 0 Å². The Morgan fingerprint density at radius 2 is 1.97 bits per heavy atom. The number of rotatable bonds is 6. The number of nitro benzene ring substituents is 1. The predicted octanol–water partition coefficient (Wildman–Crippen LogP) is 2.47. The molecule has 1 fully saturated rings. The number of hydrogen-bond acceptors (Lipinski definition) is 9. The van der Waals surface area contributed by atoms with Crippen molar-refractivity contribution in [2.45, 2.75) is 26.8 Å². The van der Waals surface area contributed by atoms with Crippen LogP contribution >= 0.6 is 0 Å². The van der Waals surface area contributed by atoms with E-state index in [1.165, 1.54) is 17.9 Å². The summed E-state index contributed by atoms with van der Waals surface area (Å²) in [5, 5.41) is 17.2. The average Bonchev–Trinajstić information content (AvgIpc) is 2.79. The van der Waals surface area contributed by atoms with Crippen LogP contribution in [0.2, 0.25) is 0 Å². The zero-order valence-electron chi connectivity index (χ0n) is 19.0. The lowest BCUT2D eigenvalue weighted by Crippen LogP contribution is -2.48. The highest BCUT2D eigenvalue weighted by Crippen LogP contribution is 2.31. The summed E-state index contributed by atoms with van der Waals surface area (Å²) in [6, 6.07) is 4.71. The largest absolute Gasteiger partial charge is 0.490 e. The van der Waals surface area contributed by atoms with Gasteiger partial charge >= 0.3 is 5.56 Å². The molecule has 1 saturated heterocycles. The van der Waals surface area contributed by atoms with Crippen LogP contribution in [0.5, 0.6) is 5.75 Å². The molecule has 0 spiro atoms. The molecule has 3 aromatic rings. The zero-order chi connectivity index (χ0) is 23.7. The summed E-state index contributed by atoms with van der Waals surface area (Å²) in [4.78, 5) is 33.2. The first-order chi connectivity index (χ1) is 15.8. The first kappa shape index (κ1) is 22.5. The fourth-order valence-electron chi connectivity index (χ4n) is 4.13. The van der Waals surface area contributed by atoms with Crippen molar-refractivity contribution >= 4 is 22.4 Å². The third-order valence-corrected chi connectivity index (χ3v) is 5.79. The maximum absolute atomic E-state index is 13.1. The van der Waals surface area contributed by atoms with Crippen LogP contribution in [0.15, 0.2) is 29.2 Å². The van der Waals surface area contributed by atoms with E-state index >= 15 is 0 Å². The molecule has 11 heteroatoms. The van der Waals surface area contributed by atoms with Gasteiger partial charge in [0.2, 0.25) is 5.75 Å². The number of anilines is 1. The van der Waals surface area contributed by atoms with E-state index in [2.05, 4.69) is 15.3 Å². The minimum atomic E-state index is -0.387. The van der Waals surface area contributed by atoms with E-state index in [1.54, 1.807) is 26.1 Å². The molecule has 1 atom stereocenters. The molecule has 1 aromatic carbocycles. The molecule has 11 nitrogen and oxygen atoms in total. The van der Waals surface area contributed by atoms with Crippen molar-refractivity contribution in [2.24, 2.45) is 0 Å². The molecule has 0 aliphatic carbocycles. The second kappa shape index (κ2) is 9.02. The molecule has 33 heavy (non-hydrogen) atoms. The molecule has 0 radical (unpaired) electrons. The van der Waals surface area contributed by atoms with Crippen LogP contribution in [0, 0.1) is 24.0 Å². The number of aromatic nitrogens is 3. The van der Waals surface area contributed by atoms with Crippen molar-refractivity contribution in [1.29, 1.82) is 0 Å². The minimum Gasteiger partial charge on any atom is -0.490 e. The van der Waals surface area contributed by atoms with Crippen LogP contribution in [-0.2, 0) is 4.74 Å². The van der Waals surface area contributed by atoms with Crippen LogP contribution in [0.1, 0.15) is 29.9 Å². The summed E-state index contributed by atoms with van der Waals surface area (Å²) >= 11 is 0. The van der Waals surface area contributed by atoms with E-state index in [9.17, 15) is 14.9 Å². The maximum atomic E-state index is 13.1. The molecule has 0 saturated carbocycles. The molecule has 3 heterocycles. The van der Waals surface area contributed by atoms with E-state index in [-0.39, 0.29) is 28.0 Å². The van der Waals surface area contributed by atoms with Gasteiger partial charge in [0.25, 0.3) is 5.69 Å². The molecule has 1 N–H and O–H groups in total. The Morgan fingerprint density at radius 1 is 1.24 bits per heavy atom. The number of morpholine rings is 1. The van der Waals surface area contributed by atoms with Gasteiger partial charge in [0, 0.05) is 17.8 Å². The fraction of sp³-hybridized carbons (Fsp3) is 0.409. The van der Waals surface area contributed by atoms with E-state index < -0.39 is 0 Å². The Balaban J connectivity index is 1.83. The smallest absolute Gasteiger partial charge is 0.313 e. The molecule has 1 aliphatic rings. The molecular weight excluding hydrogens is 428 g/mol. The van der Waals surface area contributed by atoms with Gasteiger partial charge in [-0.3, -0.25) is 14.9 Å². The number of hydrogen-bond donors (Lipinski definition) is 1. The number of benzene rings is 1. The molecule has 0 amide bonds. The second-order valence-electron chi connectivity index (χ2n) is 7.87. The number of methoxy groups -OCH3 is 1. The number of pyridine rings is 1. The minimum absolute atomic E-state index is 0.0627. The van der Waals surface area contributed by atoms with Gasteiger partial charge in [-0.15, -0.1) is 0 Å². The second-order valence-corrected chi connectivity index (χ2v) is 7.87. The van der Waals surface area contributed by atoms with Crippen molar-refractivity contribution in [3.8, 4) is 5.75 Å². The number of nitrogens with one attached hydrogen (secondary N) is 1. The first-order valence-corrected chi connectivity index (χ1v) is 10.6. The highest BCUT2D eigenvalue weighted by molar-refractivity contribution is 5.92. The van der Waals surface area contributed by atoms with Gasteiger partial charge in [-0.05, 0) is 26.3 Å². The van der Waals surface area contributed by atoms with Crippen LogP contribution in [-0.4, -0.2) is 53.0 Å². The van der Waals surface area contributed by atoms with Gasteiger partial charge in [-0.25, -0.2) is 14.6 Å². The Labute approximate surface area is 190 Å². The average molecular weight is 454 g/mol.